The Morgan fingerprint density at radius 3 is 2.72 bits per heavy atom. The first kappa shape index (κ1) is 15.4. The minimum atomic E-state index is -0.250. The van der Waals surface area contributed by atoms with E-state index in [2.05, 4.69) is 20.2 Å². The zero-order valence-electron chi connectivity index (χ0n) is 14.1. The lowest BCUT2D eigenvalue weighted by Crippen LogP contribution is -2.19. The van der Waals surface area contributed by atoms with E-state index in [0.29, 0.717) is 0 Å². The Kier molecular flexibility index (Phi) is 3.98. The molecule has 0 aliphatic carbocycles. The number of carbonyl (C=O) groups is 1. The predicted octanol–water partition coefficient (Wildman–Crippen LogP) is 4.45. The van der Waals surface area contributed by atoms with Crippen LogP contribution in [-0.4, -0.2) is 15.6 Å². The molecule has 5 nitrogen and oxygen atoms in total. The molecule has 1 aromatic heterocycles. The van der Waals surface area contributed by atoms with E-state index in [0.717, 1.165) is 53.4 Å². The van der Waals surface area contributed by atoms with E-state index in [9.17, 15) is 4.79 Å². The number of nitrogens with one attached hydrogen (secondary N) is 2. The number of aryl methyl sites for hydroxylation is 2. The molecule has 0 bridgehead atoms. The minimum absolute atomic E-state index is 0.250. The molecule has 1 aliphatic heterocycles. The third kappa shape index (κ3) is 3.26. The fourth-order valence-electron chi connectivity index (χ4n) is 3.18. The van der Waals surface area contributed by atoms with Crippen molar-refractivity contribution in [2.75, 3.05) is 10.6 Å². The fraction of sp³-hybridized carbons (Fsp3) is 0.200. The van der Waals surface area contributed by atoms with Crippen LogP contribution in [0.4, 0.5) is 16.2 Å². The maximum absolute atomic E-state index is 12.2. The van der Waals surface area contributed by atoms with Gasteiger partial charge in [0.25, 0.3) is 0 Å². The van der Waals surface area contributed by atoms with E-state index in [1.54, 1.807) is 0 Å². The van der Waals surface area contributed by atoms with Crippen molar-refractivity contribution in [3.8, 4) is 11.3 Å². The van der Waals surface area contributed by atoms with Gasteiger partial charge in [-0.05, 0) is 37.6 Å². The van der Waals surface area contributed by atoms with E-state index in [-0.39, 0.29) is 6.03 Å². The second kappa shape index (κ2) is 6.43. The first-order valence-electron chi connectivity index (χ1n) is 8.48. The molecule has 4 rings (SSSR count). The van der Waals surface area contributed by atoms with E-state index in [1.807, 2.05) is 61.7 Å². The number of fused-ring (bicyclic) bond motifs is 1. The lowest BCUT2D eigenvalue weighted by molar-refractivity contribution is 0.262. The summed E-state index contributed by atoms with van der Waals surface area (Å²) < 4.78 is 2.26. The second-order valence-electron chi connectivity index (χ2n) is 6.34. The molecule has 0 spiro atoms. The molecule has 2 aromatic carbocycles. The van der Waals surface area contributed by atoms with E-state index in [1.165, 1.54) is 0 Å². The molecule has 0 radical (unpaired) electrons. The molecule has 25 heavy (non-hydrogen) atoms. The van der Waals surface area contributed by atoms with E-state index >= 15 is 0 Å². The Labute approximate surface area is 146 Å². The van der Waals surface area contributed by atoms with Crippen LogP contribution in [0, 0.1) is 6.92 Å². The summed E-state index contributed by atoms with van der Waals surface area (Å²) >= 11 is 0. The van der Waals surface area contributed by atoms with Crippen molar-refractivity contribution in [3.63, 3.8) is 0 Å². The first-order chi connectivity index (χ1) is 12.2. The van der Waals surface area contributed by atoms with Gasteiger partial charge >= 0.3 is 6.03 Å². The van der Waals surface area contributed by atoms with Crippen molar-refractivity contribution >= 4 is 17.4 Å². The summed E-state index contributed by atoms with van der Waals surface area (Å²) in [6, 6.07) is 15.3. The van der Waals surface area contributed by atoms with Gasteiger partial charge in [0.15, 0.2) is 0 Å². The number of imidazole rings is 1. The zero-order valence-corrected chi connectivity index (χ0v) is 14.1. The molecule has 0 saturated heterocycles. The number of hydrogen-bond acceptors (Lipinski definition) is 2. The number of anilines is 2. The second-order valence-corrected chi connectivity index (χ2v) is 6.34. The van der Waals surface area contributed by atoms with Crippen LogP contribution in [0.25, 0.3) is 11.3 Å². The highest BCUT2D eigenvalue weighted by molar-refractivity contribution is 6.00. The van der Waals surface area contributed by atoms with Gasteiger partial charge in [0.05, 0.1) is 11.9 Å². The standard InChI is InChI=1S/C20H20N4O/c1-14-7-9-16(10-8-14)22-20(25)23-17-5-2-4-15(12-17)18-13-21-19-6-3-11-24(18)19/h2,4-5,7-10,12-13H,3,6,11H2,1H3,(H2,22,23,25). The number of aromatic nitrogens is 2. The van der Waals surface area contributed by atoms with Gasteiger partial charge < -0.3 is 15.2 Å². The Morgan fingerprint density at radius 1 is 1.08 bits per heavy atom. The number of amides is 2. The smallest absolute Gasteiger partial charge is 0.323 e. The summed E-state index contributed by atoms with van der Waals surface area (Å²) in [6.45, 7) is 3.03. The van der Waals surface area contributed by atoms with Crippen LogP contribution in [0.5, 0.6) is 0 Å². The Balaban J connectivity index is 1.49. The summed E-state index contributed by atoms with van der Waals surface area (Å²) in [4.78, 5) is 16.7. The van der Waals surface area contributed by atoms with Crippen LogP contribution in [-0.2, 0) is 13.0 Å². The number of benzene rings is 2. The molecule has 0 atom stereocenters. The molecular formula is C20H20N4O. The lowest BCUT2D eigenvalue weighted by atomic mass is 10.1. The van der Waals surface area contributed by atoms with Crippen molar-refractivity contribution in [1.29, 1.82) is 0 Å². The molecule has 126 valence electrons. The van der Waals surface area contributed by atoms with Gasteiger partial charge in [0, 0.05) is 29.9 Å². The average Bonchev–Trinajstić information content (AvgIpc) is 3.20. The van der Waals surface area contributed by atoms with Crippen molar-refractivity contribution in [1.82, 2.24) is 9.55 Å². The van der Waals surface area contributed by atoms with Crippen molar-refractivity contribution in [2.45, 2.75) is 26.3 Å². The van der Waals surface area contributed by atoms with Crippen molar-refractivity contribution in [2.24, 2.45) is 0 Å². The predicted molar refractivity (Wildman–Crippen MR) is 99.8 cm³/mol. The van der Waals surface area contributed by atoms with Crippen molar-refractivity contribution in [3.05, 3.63) is 66.1 Å². The number of carbonyl (C=O) groups excluding carboxylic acids is 1. The molecule has 3 aromatic rings. The Bertz CT molecular complexity index is 912. The van der Waals surface area contributed by atoms with Gasteiger partial charge in [-0.3, -0.25) is 0 Å². The largest absolute Gasteiger partial charge is 0.328 e. The molecule has 0 saturated carbocycles. The summed E-state index contributed by atoms with van der Waals surface area (Å²) in [7, 11) is 0. The molecule has 2 amide bonds. The molecule has 2 heterocycles. The van der Waals surface area contributed by atoms with Gasteiger partial charge in [-0.1, -0.05) is 29.8 Å². The number of urea groups is 1. The van der Waals surface area contributed by atoms with Crippen LogP contribution in [0.2, 0.25) is 0 Å². The number of rotatable bonds is 3. The molecule has 0 fully saturated rings. The summed E-state index contributed by atoms with van der Waals surface area (Å²) in [5.74, 6) is 1.14. The Morgan fingerprint density at radius 2 is 1.88 bits per heavy atom. The van der Waals surface area contributed by atoms with Gasteiger partial charge in [0.1, 0.15) is 5.82 Å². The van der Waals surface area contributed by atoms with E-state index in [4.69, 9.17) is 0 Å². The van der Waals surface area contributed by atoms with Gasteiger partial charge in [0.2, 0.25) is 0 Å². The molecular weight excluding hydrogens is 312 g/mol. The molecule has 1 aliphatic rings. The normalized spacial score (nSPS) is 12.7. The van der Waals surface area contributed by atoms with Crippen LogP contribution >= 0.6 is 0 Å². The maximum atomic E-state index is 12.2. The quantitative estimate of drug-likeness (QED) is 0.744. The monoisotopic (exact) mass is 332 g/mol. The molecule has 0 unspecified atom stereocenters. The van der Waals surface area contributed by atoms with Crippen molar-refractivity contribution < 1.29 is 4.79 Å². The van der Waals surface area contributed by atoms with E-state index < -0.39 is 0 Å². The SMILES string of the molecule is Cc1ccc(NC(=O)Nc2cccc(-c3cnc4n3CCC4)c2)cc1. The third-order valence-corrected chi connectivity index (χ3v) is 4.45. The zero-order chi connectivity index (χ0) is 17.2. The minimum Gasteiger partial charge on any atom is -0.328 e. The van der Waals surface area contributed by atoms with Crippen LogP contribution < -0.4 is 10.6 Å². The fourth-order valence-corrected chi connectivity index (χ4v) is 3.18. The summed E-state index contributed by atoms with van der Waals surface area (Å²) in [6.07, 6.45) is 4.10. The summed E-state index contributed by atoms with van der Waals surface area (Å²) in [5.41, 5.74) is 4.86. The maximum Gasteiger partial charge on any atom is 0.323 e. The highest BCUT2D eigenvalue weighted by Gasteiger charge is 2.16. The molecule has 2 N–H and O–H groups in total. The highest BCUT2D eigenvalue weighted by atomic mass is 16.2. The van der Waals surface area contributed by atoms with Crippen LogP contribution in [0.3, 0.4) is 0 Å². The van der Waals surface area contributed by atoms with Gasteiger partial charge in [-0.2, -0.15) is 0 Å². The Hall–Kier alpha value is -3.08. The van der Waals surface area contributed by atoms with Crippen LogP contribution in [0.1, 0.15) is 17.8 Å². The van der Waals surface area contributed by atoms with Gasteiger partial charge in [-0.15, -0.1) is 0 Å². The first-order valence-corrected chi connectivity index (χ1v) is 8.48. The number of nitrogens with zero attached hydrogens (tertiary/aromatic N) is 2. The number of hydrogen-bond donors (Lipinski definition) is 2. The highest BCUT2D eigenvalue weighted by Crippen LogP contribution is 2.27. The third-order valence-electron chi connectivity index (χ3n) is 4.45. The lowest BCUT2D eigenvalue weighted by Gasteiger charge is -2.10. The summed E-state index contributed by atoms with van der Waals surface area (Å²) in [5, 5.41) is 5.74. The van der Waals surface area contributed by atoms with Crippen LogP contribution in [0.15, 0.2) is 54.7 Å². The average molecular weight is 332 g/mol. The topological polar surface area (TPSA) is 59.0 Å². The molecule has 5 heteroatoms. The van der Waals surface area contributed by atoms with Gasteiger partial charge in [-0.25, -0.2) is 9.78 Å².